The van der Waals surface area contributed by atoms with Gasteiger partial charge in [0.25, 0.3) is 0 Å². The van der Waals surface area contributed by atoms with Crippen LogP contribution in [0, 0.1) is 30.6 Å². The maximum atomic E-state index is 14.9. The minimum atomic E-state index is -4.53. The third-order valence-electron chi connectivity index (χ3n) is 21.2. The molecule has 7 rings (SSSR count). The highest BCUT2D eigenvalue weighted by Crippen LogP contribution is 2.42. The number of likely N-dealkylation sites (tertiary alicyclic amines) is 1. The molecule has 2 aromatic carbocycles. The number of amides is 1. The molecular weight excluding hydrogens is 1170 g/mol. The van der Waals surface area contributed by atoms with Gasteiger partial charge in [0, 0.05) is 175 Å². The molecular formula is C74H120ClF3N12O. The van der Waals surface area contributed by atoms with Crippen molar-refractivity contribution in [2.75, 3.05) is 66.5 Å². The Bertz CT molecular complexity index is 2700. The normalized spacial score (nSPS) is 28.7. The molecule has 5 aliphatic rings. The fourth-order valence-electron chi connectivity index (χ4n) is 15.2. The summed E-state index contributed by atoms with van der Waals surface area (Å²) in [7, 11) is 4.19. The Hall–Kier alpha value is -4.42. The molecule has 2 aromatic rings. The lowest BCUT2D eigenvalue weighted by molar-refractivity contribution is -0.162. The number of aliphatic imine (C=N–C) groups is 1. The first kappa shape index (κ1) is 74.0. The number of likely N-dealkylation sites (N-methyl/N-ethyl adjacent to an activating group) is 1. The lowest BCUT2D eigenvalue weighted by Crippen LogP contribution is -2.76. The van der Waals surface area contributed by atoms with E-state index in [0.29, 0.717) is 48.6 Å². The van der Waals surface area contributed by atoms with E-state index in [1.165, 1.54) is 48.2 Å². The van der Waals surface area contributed by atoms with Gasteiger partial charge in [0.15, 0.2) is 0 Å². The number of rotatable bonds is 12. The number of hydrogen-bond donors (Lipinski definition) is 6. The molecule has 1 saturated carbocycles. The highest BCUT2D eigenvalue weighted by atomic mass is 35.5. The third-order valence-corrected chi connectivity index (χ3v) is 21.5. The lowest BCUT2D eigenvalue weighted by atomic mass is 9.74. The van der Waals surface area contributed by atoms with E-state index in [1.54, 1.807) is 0 Å². The van der Waals surface area contributed by atoms with Gasteiger partial charge in [-0.25, -0.2) is 0 Å². The third kappa shape index (κ3) is 21.0. The van der Waals surface area contributed by atoms with Crippen molar-refractivity contribution in [3.05, 3.63) is 118 Å². The summed E-state index contributed by atoms with van der Waals surface area (Å²) in [5.74, 6) is 1.67. The van der Waals surface area contributed by atoms with Gasteiger partial charge < -0.3 is 51.5 Å². The number of alkyl halides is 3. The molecule has 4 fully saturated rings. The van der Waals surface area contributed by atoms with Crippen molar-refractivity contribution in [3.8, 4) is 0 Å². The second-order valence-electron chi connectivity index (χ2n) is 28.7. The average molecular weight is 1290 g/mol. The number of piperidine rings is 1. The van der Waals surface area contributed by atoms with Crippen molar-refractivity contribution < 1.29 is 18.0 Å². The van der Waals surface area contributed by atoms with Gasteiger partial charge in [0.2, 0.25) is 5.91 Å². The molecule has 0 aromatic heterocycles. The average Bonchev–Trinajstić information content (AvgIpc) is 1.03. The van der Waals surface area contributed by atoms with Crippen molar-refractivity contribution in [3.63, 3.8) is 0 Å². The van der Waals surface area contributed by atoms with Crippen LogP contribution in [-0.4, -0.2) is 162 Å². The number of fused-ring (bicyclic) bond motifs is 2. The minimum Gasteiger partial charge on any atom is -0.390 e. The molecule has 3 saturated heterocycles. The van der Waals surface area contributed by atoms with Crippen LogP contribution in [0.5, 0.6) is 0 Å². The zero-order chi connectivity index (χ0) is 66.0. The molecule has 1 amide bonds. The first-order chi connectivity index (χ1) is 43.4. The van der Waals surface area contributed by atoms with E-state index in [2.05, 4.69) is 183 Å². The molecule has 5 unspecified atom stereocenters. The molecule has 17 heteroatoms. The summed E-state index contributed by atoms with van der Waals surface area (Å²) in [6.45, 7) is 34.9. The predicted molar refractivity (Wildman–Crippen MR) is 374 cm³/mol. The van der Waals surface area contributed by atoms with Gasteiger partial charge in [-0.1, -0.05) is 115 Å². The van der Waals surface area contributed by atoms with Crippen molar-refractivity contribution in [1.29, 1.82) is 0 Å². The molecule has 12 atom stereocenters. The van der Waals surface area contributed by atoms with Crippen LogP contribution in [0.1, 0.15) is 182 Å². The van der Waals surface area contributed by atoms with Gasteiger partial charge in [-0.15, -0.1) is 0 Å². The fourth-order valence-corrected chi connectivity index (χ4v) is 15.5. The van der Waals surface area contributed by atoms with E-state index in [-0.39, 0.29) is 70.9 Å². The Morgan fingerprint density at radius 3 is 2.16 bits per heavy atom. The van der Waals surface area contributed by atoms with Crippen LogP contribution in [0.3, 0.4) is 0 Å². The van der Waals surface area contributed by atoms with Crippen LogP contribution >= 0.6 is 11.6 Å². The number of aryl methyl sites for hydroxylation is 2. The first-order valence-electron chi connectivity index (χ1n) is 35.4. The van der Waals surface area contributed by atoms with E-state index < -0.39 is 11.7 Å². The van der Waals surface area contributed by atoms with Crippen molar-refractivity contribution in [2.45, 2.75) is 245 Å². The minimum absolute atomic E-state index is 0.0503. The van der Waals surface area contributed by atoms with Crippen molar-refractivity contribution >= 4 is 23.2 Å². The summed E-state index contributed by atoms with van der Waals surface area (Å²) in [5, 5.41) is 23.9. The molecule has 1 spiro atoms. The van der Waals surface area contributed by atoms with Gasteiger partial charge in [0.1, 0.15) is 0 Å². The summed E-state index contributed by atoms with van der Waals surface area (Å²) in [5.41, 5.74) is 5.50. The number of allylic oxidation sites excluding steroid dienone is 3. The Morgan fingerprint density at radius 2 is 1.49 bits per heavy atom. The molecule has 4 heterocycles. The number of carbonyl (C=O) groups excluding carboxylic acids is 1. The summed E-state index contributed by atoms with van der Waals surface area (Å²) in [6, 6.07) is 14.6. The predicted octanol–water partition coefficient (Wildman–Crippen LogP) is 13.3. The van der Waals surface area contributed by atoms with Crippen LogP contribution in [0.2, 0.25) is 5.02 Å². The largest absolute Gasteiger partial charge is 0.417 e. The molecule has 91 heavy (non-hydrogen) atoms. The van der Waals surface area contributed by atoms with Crippen LogP contribution in [0.25, 0.3) is 0 Å². The summed E-state index contributed by atoms with van der Waals surface area (Å²) in [6.07, 6.45) is 22.6. The summed E-state index contributed by atoms with van der Waals surface area (Å²) >= 11 is 6.20. The number of hydrogen-bond acceptors (Lipinski definition) is 12. The molecule has 13 nitrogen and oxygen atoms in total. The quantitative estimate of drug-likeness (QED) is 0.122. The first-order valence-corrected chi connectivity index (χ1v) is 35.7. The second-order valence-corrected chi connectivity index (χ2v) is 29.1. The zero-order valence-electron chi connectivity index (χ0n) is 58.4. The monoisotopic (exact) mass is 1280 g/mol. The smallest absolute Gasteiger partial charge is 0.390 e. The standard InChI is InChI=1S/C74H120ClF3N12O/c1-15-53(6)68-46-83-67(43-51(3)4)56(9)82-47-69-70(72(91)88-39-20-17-21-40-88)59(12)90(69)71(54(7)16-2)57(10)85-73(33-18-19-34-73)50-80-37-36-79-35-32-62(30-28-61-29-31-65(66(75)45-61)74(76,77)78)81-38-42-86(13)48-64(44-60-26-24-52(5)25-27-60)87(14)49-63-23-22-41-89(63)58(11)55(8)84-68/h24-27,29,31-32,35,38,42,45,48-49,51,53-59,67-71,79-80,82-85H,15-23,28,30,33-34,36-37,39-41,43-44,46-47,50H2,1-14H3/t53-,54-,55?,56?,57?,58-,59?,67-,68+,69?,70-,71-/m0/s1. The van der Waals surface area contributed by atoms with Crippen LogP contribution in [0.15, 0.2) is 95.9 Å². The van der Waals surface area contributed by atoms with E-state index in [4.69, 9.17) is 16.6 Å². The Balaban J connectivity index is 1.21. The van der Waals surface area contributed by atoms with Crippen LogP contribution in [0.4, 0.5) is 13.2 Å². The zero-order valence-corrected chi connectivity index (χ0v) is 59.1. The van der Waals surface area contributed by atoms with Crippen LogP contribution in [-0.2, 0) is 23.8 Å². The lowest BCUT2D eigenvalue weighted by Gasteiger charge is -2.60. The highest BCUT2D eigenvalue weighted by molar-refractivity contribution is 6.31. The van der Waals surface area contributed by atoms with Gasteiger partial charge in [-0.2, -0.15) is 13.2 Å². The molecule has 0 bridgehead atoms. The van der Waals surface area contributed by atoms with Gasteiger partial charge in [0.05, 0.1) is 16.5 Å². The summed E-state index contributed by atoms with van der Waals surface area (Å²) in [4.78, 5) is 31.8. The molecule has 6 N–H and O–H groups in total. The number of benzene rings is 2. The molecule has 0 radical (unpaired) electrons. The second kappa shape index (κ2) is 35.4. The maximum Gasteiger partial charge on any atom is 0.417 e. The SMILES string of the molecule is CC[C@H](C)[C@H]1C(C)NC2(CCCC2)CNCCNC=CC(CCc2ccc(C(F)(F)F)c(Cl)c2)=NC=CN(C)C=C(Cc2ccc(C)cc2)N(C)C=C2CCCN2[C@@H](C)C(C)N[C@@H]([C@@H](C)CC)CN[C@@H](CC(C)C)C(C)NCC2[C@@H](C(=O)N3CCCCC3)C(C)N21. The number of halogens is 4. The van der Waals surface area contributed by atoms with Gasteiger partial charge in [-0.05, 0) is 159 Å². The van der Waals surface area contributed by atoms with Gasteiger partial charge in [-0.3, -0.25) is 14.7 Å². The van der Waals surface area contributed by atoms with Gasteiger partial charge >= 0.3 is 6.18 Å². The van der Waals surface area contributed by atoms with Crippen molar-refractivity contribution in [2.24, 2.45) is 28.7 Å². The van der Waals surface area contributed by atoms with Crippen molar-refractivity contribution in [1.82, 2.24) is 56.4 Å². The summed E-state index contributed by atoms with van der Waals surface area (Å²) < 4.78 is 41.1. The molecule has 4 aliphatic heterocycles. The number of nitrogens with one attached hydrogen (secondary N) is 6. The number of carbonyl (C=O) groups is 1. The van der Waals surface area contributed by atoms with Crippen LogP contribution < -0.4 is 31.9 Å². The maximum absolute atomic E-state index is 14.9. The topological polar surface area (TPSA) is 118 Å². The fraction of sp³-hybridized carbons (Fsp3) is 0.703. The van der Waals surface area contributed by atoms with E-state index >= 15 is 0 Å². The van der Waals surface area contributed by atoms with E-state index in [0.717, 1.165) is 127 Å². The Morgan fingerprint density at radius 1 is 0.791 bits per heavy atom. The number of nitrogens with zero attached hydrogens (tertiary/aromatic N) is 6. The molecule has 1 aliphatic carbocycles. The van der Waals surface area contributed by atoms with E-state index in [1.807, 2.05) is 31.7 Å². The Kier molecular flexibility index (Phi) is 28.7. The Labute approximate surface area is 553 Å². The highest BCUT2D eigenvalue weighted by Gasteiger charge is 2.55. The molecule has 510 valence electrons. The van der Waals surface area contributed by atoms with E-state index in [9.17, 15) is 18.0 Å².